The largest absolute Gasteiger partial charge is 0.391 e. The van der Waals surface area contributed by atoms with Crippen LogP contribution in [0.3, 0.4) is 0 Å². The summed E-state index contributed by atoms with van der Waals surface area (Å²) in [5.74, 6) is -0.138. The third kappa shape index (κ3) is 5.40. The van der Waals surface area contributed by atoms with E-state index in [-0.39, 0.29) is 18.8 Å². The fourth-order valence-electron chi connectivity index (χ4n) is 1.71. The number of ketones is 1. The van der Waals surface area contributed by atoms with Gasteiger partial charge in [0.1, 0.15) is 6.61 Å². The zero-order chi connectivity index (χ0) is 16.8. The number of oxime groups is 1. The standard InChI is InChI=1S/C16H11Cl4NO2/c17-12-3-1-11(14(19)8-12)9-23-21-6-5-16(22)10-2-4-13(18)15(20)7-10/h1-4,6-8H,5,9H2/b21-6-. The van der Waals surface area contributed by atoms with Crippen LogP contribution in [0.4, 0.5) is 0 Å². The number of halogens is 4. The topological polar surface area (TPSA) is 38.7 Å². The number of benzene rings is 2. The van der Waals surface area contributed by atoms with Crippen molar-refractivity contribution in [1.82, 2.24) is 0 Å². The van der Waals surface area contributed by atoms with E-state index < -0.39 is 0 Å². The maximum Gasteiger partial charge on any atom is 0.168 e. The van der Waals surface area contributed by atoms with Crippen LogP contribution in [0.15, 0.2) is 41.6 Å². The van der Waals surface area contributed by atoms with Crippen molar-refractivity contribution >= 4 is 58.4 Å². The molecule has 2 aromatic rings. The minimum absolute atomic E-state index is 0.0896. The zero-order valence-electron chi connectivity index (χ0n) is 11.7. The lowest BCUT2D eigenvalue weighted by Crippen LogP contribution is -2.00. The highest BCUT2D eigenvalue weighted by molar-refractivity contribution is 6.42. The van der Waals surface area contributed by atoms with Crippen LogP contribution in [0.5, 0.6) is 0 Å². The molecule has 0 radical (unpaired) electrons. The van der Waals surface area contributed by atoms with E-state index in [1.54, 1.807) is 30.3 Å². The molecule has 0 aliphatic heterocycles. The van der Waals surface area contributed by atoms with Crippen LogP contribution in [0.25, 0.3) is 0 Å². The fraction of sp³-hybridized carbons (Fsp3) is 0.125. The number of rotatable bonds is 6. The molecule has 0 bridgehead atoms. The molecule has 0 saturated carbocycles. The van der Waals surface area contributed by atoms with E-state index in [9.17, 15) is 4.79 Å². The van der Waals surface area contributed by atoms with Gasteiger partial charge in [-0.15, -0.1) is 0 Å². The van der Waals surface area contributed by atoms with Crippen LogP contribution in [-0.4, -0.2) is 12.0 Å². The van der Waals surface area contributed by atoms with Crippen molar-refractivity contribution in [2.75, 3.05) is 0 Å². The summed E-state index contributed by atoms with van der Waals surface area (Å²) in [6.45, 7) is 0.188. The molecule has 0 saturated heterocycles. The van der Waals surface area contributed by atoms with Crippen LogP contribution in [0.2, 0.25) is 20.1 Å². The average molecular weight is 391 g/mol. The summed E-state index contributed by atoms with van der Waals surface area (Å²) in [4.78, 5) is 17.1. The van der Waals surface area contributed by atoms with Gasteiger partial charge in [-0.25, -0.2) is 0 Å². The zero-order valence-corrected chi connectivity index (χ0v) is 14.8. The molecule has 0 fully saturated rings. The van der Waals surface area contributed by atoms with E-state index in [1.165, 1.54) is 12.3 Å². The van der Waals surface area contributed by atoms with Crippen molar-refractivity contribution in [2.24, 2.45) is 5.16 Å². The molecule has 0 amide bonds. The second-order valence-corrected chi connectivity index (χ2v) is 6.21. The van der Waals surface area contributed by atoms with E-state index in [1.807, 2.05) is 0 Å². The third-order valence-electron chi connectivity index (χ3n) is 2.90. The first kappa shape index (κ1) is 18.1. The molecule has 7 heteroatoms. The first-order valence-electron chi connectivity index (χ1n) is 6.53. The van der Waals surface area contributed by atoms with Gasteiger partial charge in [-0.05, 0) is 30.3 Å². The van der Waals surface area contributed by atoms with Crippen molar-refractivity contribution in [3.05, 3.63) is 67.6 Å². The minimum atomic E-state index is -0.138. The van der Waals surface area contributed by atoms with Crippen LogP contribution in [0.1, 0.15) is 22.3 Å². The highest BCUT2D eigenvalue weighted by Gasteiger charge is 2.07. The molecule has 23 heavy (non-hydrogen) atoms. The second kappa shape index (κ2) is 8.55. The van der Waals surface area contributed by atoms with Gasteiger partial charge in [0.25, 0.3) is 0 Å². The van der Waals surface area contributed by atoms with E-state index in [0.29, 0.717) is 25.7 Å². The summed E-state index contributed by atoms with van der Waals surface area (Å²) >= 11 is 23.5. The van der Waals surface area contributed by atoms with Crippen LogP contribution in [-0.2, 0) is 11.4 Å². The number of nitrogens with zero attached hydrogens (tertiary/aromatic N) is 1. The molecule has 0 unspecified atom stereocenters. The molecule has 2 aromatic carbocycles. The number of carbonyl (C=O) groups excluding carboxylic acids is 1. The number of hydrogen-bond donors (Lipinski definition) is 0. The summed E-state index contributed by atoms with van der Waals surface area (Å²) in [5.41, 5.74) is 1.22. The Morgan fingerprint density at radius 2 is 1.78 bits per heavy atom. The van der Waals surface area contributed by atoms with Crippen molar-refractivity contribution in [1.29, 1.82) is 0 Å². The molecule has 0 heterocycles. The summed E-state index contributed by atoms with van der Waals surface area (Å²) in [7, 11) is 0. The molecule has 0 spiro atoms. The van der Waals surface area contributed by atoms with Gasteiger partial charge >= 0.3 is 0 Å². The fourth-order valence-corrected chi connectivity index (χ4v) is 2.47. The quantitative estimate of drug-likeness (QED) is 0.340. The van der Waals surface area contributed by atoms with E-state index in [4.69, 9.17) is 51.2 Å². The first-order valence-corrected chi connectivity index (χ1v) is 8.04. The Balaban J connectivity index is 1.84. The summed E-state index contributed by atoms with van der Waals surface area (Å²) in [5, 5.41) is 5.53. The lowest BCUT2D eigenvalue weighted by Gasteiger charge is -2.03. The van der Waals surface area contributed by atoms with Gasteiger partial charge < -0.3 is 4.84 Å². The molecular formula is C16H11Cl4NO2. The Kier molecular flexibility index (Phi) is 6.72. The average Bonchev–Trinajstić information content (AvgIpc) is 2.51. The van der Waals surface area contributed by atoms with Gasteiger partial charge in [-0.2, -0.15) is 0 Å². The lowest BCUT2D eigenvalue weighted by molar-refractivity contribution is 0.0996. The van der Waals surface area contributed by atoms with E-state index >= 15 is 0 Å². The molecule has 2 rings (SSSR count). The van der Waals surface area contributed by atoms with Gasteiger partial charge in [-0.1, -0.05) is 57.6 Å². The van der Waals surface area contributed by atoms with Gasteiger partial charge in [0.2, 0.25) is 0 Å². The Morgan fingerprint density at radius 3 is 2.48 bits per heavy atom. The second-order valence-electron chi connectivity index (χ2n) is 4.55. The normalized spacial score (nSPS) is 11.0. The summed E-state index contributed by atoms with van der Waals surface area (Å²) in [6.07, 6.45) is 1.47. The molecular weight excluding hydrogens is 380 g/mol. The third-order valence-corrected chi connectivity index (χ3v) is 4.23. The molecule has 0 aliphatic rings. The molecule has 0 N–H and O–H groups in total. The summed E-state index contributed by atoms with van der Waals surface area (Å²) < 4.78 is 0. The van der Waals surface area contributed by atoms with Crippen LogP contribution < -0.4 is 0 Å². The van der Waals surface area contributed by atoms with E-state index in [0.717, 1.165) is 5.56 Å². The lowest BCUT2D eigenvalue weighted by atomic mass is 10.1. The van der Waals surface area contributed by atoms with Crippen LogP contribution in [0, 0.1) is 0 Å². The SMILES string of the molecule is O=C(C/C=N\OCc1ccc(Cl)cc1Cl)c1ccc(Cl)c(Cl)c1. The molecule has 3 nitrogen and oxygen atoms in total. The van der Waals surface area contributed by atoms with Gasteiger partial charge in [0, 0.05) is 27.6 Å². The van der Waals surface area contributed by atoms with Crippen LogP contribution >= 0.6 is 46.4 Å². The number of hydrogen-bond acceptors (Lipinski definition) is 3. The highest BCUT2D eigenvalue weighted by atomic mass is 35.5. The Hall–Kier alpha value is -1.26. The smallest absolute Gasteiger partial charge is 0.168 e. The van der Waals surface area contributed by atoms with Gasteiger partial charge in [-0.3, -0.25) is 4.79 Å². The van der Waals surface area contributed by atoms with Crippen molar-refractivity contribution in [3.63, 3.8) is 0 Å². The molecule has 0 aromatic heterocycles. The Labute approximate surface area is 153 Å². The number of Topliss-reactive ketones (excluding diaryl/α,β-unsaturated/α-hetero) is 1. The summed E-state index contributed by atoms with van der Waals surface area (Å²) in [6, 6.07) is 9.80. The minimum Gasteiger partial charge on any atom is -0.391 e. The van der Waals surface area contributed by atoms with Crippen molar-refractivity contribution in [2.45, 2.75) is 13.0 Å². The predicted octanol–water partition coefficient (Wildman–Crippen LogP) is 6.08. The van der Waals surface area contributed by atoms with Crippen molar-refractivity contribution in [3.8, 4) is 0 Å². The highest BCUT2D eigenvalue weighted by Crippen LogP contribution is 2.23. The van der Waals surface area contributed by atoms with Gasteiger partial charge in [0.05, 0.1) is 16.3 Å². The van der Waals surface area contributed by atoms with Gasteiger partial charge in [0.15, 0.2) is 5.78 Å². The Morgan fingerprint density at radius 1 is 1.00 bits per heavy atom. The Bertz CT molecular complexity index is 747. The van der Waals surface area contributed by atoms with E-state index in [2.05, 4.69) is 5.16 Å². The number of carbonyl (C=O) groups is 1. The monoisotopic (exact) mass is 389 g/mol. The molecule has 0 atom stereocenters. The maximum atomic E-state index is 11.9. The first-order chi connectivity index (χ1) is 11.0. The van der Waals surface area contributed by atoms with Crippen molar-refractivity contribution < 1.29 is 9.63 Å². The molecule has 0 aliphatic carbocycles. The predicted molar refractivity (Wildman–Crippen MR) is 95.2 cm³/mol. The molecule has 120 valence electrons. The maximum absolute atomic E-state index is 11.9.